The number of fused-ring (bicyclic) bond motifs is 1. The molecule has 0 saturated heterocycles. The minimum atomic E-state index is -0.599. The Morgan fingerprint density at radius 3 is 2.40 bits per heavy atom. The fourth-order valence-corrected chi connectivity index (χ4v) is 4.72. The fraction of sp³-hybridized carbons (Fsp3) is 0.147. The number of aromatic nitrogens is 1. The van der Waals surface area contributed by atoms with Crippen molar-refractivity contribution in [3.05, 3.63) is 114 Å². The summed E-state index contributed by atoms with van der Waals surface area (Å²) in [4.78, 5) is 30.7. The summed E-state index contributed by atoms with van der Waals surface area (Å²) in [6, 6.07) is 22.5. The number of rotatable bonds is 10. The van der Waals surface area contributed by atoms with Gasteiger partial charge in [-0.2, -0.15) is 0 Å². The molecule has 0 aliphatic rings. The first-order valence-corrected chi connectivity index (χ1v) is 13.8. The number of anilines is 1. The Morgan fingerprint density at radius 2 is 1.72 bits per heavy atom. The second-order valence-electron chi connectivity index (χ2n) is 9.88. The number of alkyl halides is 1. The van der Waals surface area contributed by atoms with Crippen LogP contribution in [-0.4, -0.2) is 41.5 Å². The van der Waals surface area contributed by atoms with Gasteiger partial charge in [0.25, 0.3) is 5.91 Å². The van der Waals surface area contributed by atoms with E-state index >= 15 is 0 Å². The summed E-state index contributed by atoms with van der Waals surface area (Å²) in [5.41, 5.74) is 10.6. The number of hydrogen-bond donors (Lipinski definition) is 2. The average molecular weight is 581 g/mol. The quantitative estimate of drug-likeness (QED) is 0.180. The topological polar surface area (TPSA) is 101 Å². The standard InChI is InChI=1S/C34H30F2N4O3/c1-2-40(16-15-35)34(42)25-7-5-23(6-8-25)26-17-27-18-29(21-39-32(41)14-4-22-3-13-31(37)38-20-22)43-33(27)30(19-26)24-9-11-28(36)12-10-24/h3-14,17-20H,2,15-16,21H2,1H3,(H2,37,38)(H,39,41)/b14-4+. The molecule has 0 atom stereocenters. The summed E-state index contributed by atoms with van der Waals surface area (Å²) in [7, 11) is 0. The van der Waals surface area contributed by atoms with E-state index in [2.05, 4.69) is 10.3 Å². The molecule has 2 aromatic heterocycles. The number of benzene rings is 3. The number of amides is 2. The van der Waals surface area contributed by atoms with Gasteiger partial charge < -0.3 is 20.4 Å². The zero-order chi connectivity index (χ0) is 30.3. The lowest BCUT2D eigenvalue weighted by molar-refractivity contribution is -0.116. The summed E-state index contributed by atoms with van der Waals surface area (Å²) in [5.74, 6) is 0.0567. The fourth-order valence-electron chi connectivity index (χ4n) is 4.72. The highest BCUT2D eigenvalue weighted by Gasteiger charge is 2.16. The number of hydrogen-bond acceptors (Lipinski definition) is 5. The maximum absolute atomic E-state index is 13.7. The van der Waals surface area contributed by atoms with Crippen molar-refractivity contribution < 1.29 is 22.8 Å². The van der Waals surface area contributed by atoms with E-state index in [1.54, 1.807) is 48.7 Å². The van der Waals surface area contributed by atoms with E-state index in [0.29, 0.717) is 29.3 Å². The second-order valence-corrected chi connectivity index (χ2v) is 9.88. The van der Waals surface area contributed by atoms with Crippen molar-refractivity contribution in [3.63, 3.8) is 0 Å². The summed E-state index contributed by atoms with van der Waals surface area (Å²) >= 11 is 0. The third-order valence-corrected chi connectivity index (χ3v) is 6.98. The lowest BCUT2D eigenvalue weighted by Crippen LogP contribution is -2.32. The average Bonchev–Trinajstić information content (AvgIpc) is 3.45. The molecule has 0 fully saturated rings. The van der Waals surface area contributed by atoms with E-state index in [1.807, 2.05) is 37.3 Å². The number of nitrogens with zero attached hydrogens (tertiary/aromatic N) is 2. The second kappa shape index (κ2) is 13.1. The van der Waals surface area contributed by atoms with E-state index in [1.165, 1.54) is 23.1 Å². The molecule has 5 rings (SSSR count). The van der Waals surface area contributed by atoms with Gasteiger partial charge in [-0.1, -0.05) is 24.3 Å². The molecule has 0 aliphatic heterocycles. The molecule has 0 spiro atoms. The molecule has 0 saturated carbocycles. The minimum Gasteiger partial charge on any atom is -0.459 e. The Balaban J connectivity index is 1.42. The van der Waals surface area contributed by atoms with Gasteiger partial charge in [0.2, 0.25) is 5.91 Å². The van der Waals surface area contributed by atoms with Crippen LogP contribution >= 0.6 is 0 Å². The van der Waals surface area contributed by atoms with Crippen LogP contribution in [0, 0.1) is 5.82 Å². The van der Waals surface area contributed by atoms with E-state index in [-0.39, 0.29) is 30.7 Å². The highest BCUT2D eigenvalue weighted by molar-refractivity contribution is 5.98. The lowest BCUT2D eigenvalue weighted by atomic mass is 9.96. The van der Waals surface area contributed by atoms with Crippen LogP contribution in [0.3, 0.4) is 0 Å². The molecule has 0 bridgehead atoms. The van der Waals surface area contributed by atoms with Gasteiger partial charge >= 0.3 is 0 Å². The Bertz CT molecular complexity index is 1760. The zero-order valence-electron chi connectivity index (χ0n) is 23.5. The molecule has 9 heteroatoms. The summed E-state index contributed by atoms with van der Waals surface area (Å²) in [6.07, 6.45) is 4.62. The molecule has 218 valence electrons. The molecule has 2 amide bonds. The predicted octanol–water partition coefficient (Wildman–Crippen LogP) is 6.64. The highest BCUT2D eigenvalue weighted by atomic mass is 19.1. The van der Waals surface area contributed by atoms with Gasteiger partial charge in [0.15, 0.2) is 0 Å². The SMILES string of the molecule is CCN(CCF)C(=O)c1ccc(-c2cc(-c3ccc(F)cc3)c3oc(CNC(=O)/C=C/c4ccc(N)nc4)cc3c2)cc1. The number of nitrogen functional groups attached to an aromatic ring is 1. The molecule has 5 aromatic rings. The van der Waals surface area contributed by atoms with Gasteiger partial charge in [-0.05, 0) is 89.9 Å². The summed E-state index contributed by atoms with van der Waals surface area (Å²) < 4.78 is 32.8. The first-order chi connectivity index (χ1) is 20.8. The van der Waals surface area contributed by atoms with Crippen LogP contribution < -0.4 is 11.1 Å². The molecule has 0 radical (unpaired) electrons. The van der Waals surface area contributed by atoms with Crippen LogP contribution in [0.25, 0.3) is 39.3 Å². The van der Waals surface area contributed by atoms with Gasteiger partial charge in [-0.15, -0.1) is 0 Å². The van der Waals surface area contributed by atoms with Crippen LogP contribution in [0.15, 0.2) is 95.6 Å². The number of furan rings is 1. The molecule has 7 nitrogen and oxygen atoms in total. The third kappa shape index (κ3) is 6.95. The van der Waals surface area contributed by atoms with Crippen molar-refractivity contribution in [2.24, 2.45) is 0 Å². The van der Waals surface area contributed by atoms with Crippen molar-refractivity contribution in [1.82, 2.24) is 15.2 Å². The molecular weight excluding hydrogens is 550 g/mol. The van der Waals surface area contributed by atoms with Gasteiger partial charge in [0.1, 0.15) is 29.7 Å². The minimum absolute atomic E-state index is 0.0500. The predicted molar refractivity (Wildman–Crippen MR) is 164 cm³/mol. The molecular formula is C34H30F2N4O3. The Hall–Kier alpha value is -5.31. The lowest BCUT2D eigenvalue weighted by Gasteiger charge is -2.19. The van der Waals surface area contributed by atoms with Gasteiger partial charge in [0.05, 0.1) is 6.54 Å². The molecule has 0 aliphatic carbocycles. The van der Waals surface area contributed by atoms with Crippen molar-refractivity contribution in [1.29, 1.82) is 0 Å². The first kappa shape index (κ1) is 29.2. The van der Waals surface area contributed by atoms with Crippen LogP contribution in [0.4, 0.5) is 14.6 Å². The third-order valence-electron chi connectivity index (χ3n) is 6.98. The molecule has 3 N–H and O–H groups in total. The number of carbonyl (C=O) groups excluding carboxylic acids is 2. The van der Waals surface area contributed by atoms with Crippen molar-refractivity contribution in [3.8, 4) is 22.3 Å². The van der Waals surface area contributed by atoms with Crippen LogP contribution in [-0.2, 0) is 11.3 Å². The summed E-state index contributed by atoms with van der Waals surface area (Å²) in [6.45, 7) is 1.84. The van der Waals surface area contributed by atoms with Crippen molar-refractivity contribution in [2.75, 3.05) is 25.5 Å². The van der Waals surface area contributed by atoms with Crippen LogP contribution in [0.5, 0.6) is 0 Å². The van der Waals surface area contributed by atoms with Gasteiger partial charge in [-0.3, -0.25) is 9.59 Å². The number of nitrogens with one attached hydrogen (secondary N) is 1. The Kier molecular flexibility index (Phi) is 8.90. The maximum Gasteiger partial charge on any atom is 0.253 e. The van der Waals surface area contributed by atoms with Crippen LogP contribution in [0.2, 0.25) is 0 Å². The Morgan fingerprint density at radius 1 is 0.977 bits per heavy atom. The monoisotopic (exact) mass is 580 g/mol. The zero-order valence-corrected chi connectivity index (χ0v) is 23.5. The smallest absolute Gasteiger partial charge is 0.253 e. The van der Waals surface area contributed by atoms with Gasteiger partial charge in [0, 0.05) is 41.9 Å². The number of pyridine rings is 1. The highest BCUT2D eigenvalue weighted by Crippen LogP contribution is 2.36. The number of carbonyl (C=O) groups is 2. The molecule has 3 aromatic carbocycles. The first-order valence-electron chi connectivity index (χ1n) is 13.8. The molecule has 43 heavy (non-hydrogen) atoms. The molecule has 2 heterocycles. The number of nitrogens with two attached hydrogens (primary N) is 1. The van der Waals surface area contributed by atoms with Crippen molar-refractivity contribution in [2.45, 2.75) is 13.5 Å². The largest absolute Gasteiger partial charge is 0.459 e. The number of halogens is 2. The van der Waals surface area contributed by atoms with E-state index in [4.69, 9.17) is 10.2 Å². The normalized spacial score (nSPS) is 11.2. The van der Waals surface area contributed by atoms with Crippen LogP contribution in [0.1, 0.15) is 28.6 Å². The maximum atomic E-state index is 13.7. The van der Waals surface area contributed by atoms with Crippen molar-refractivity contribution >= 4 is 34.7 Å². The Labute approximate surface area is 247 Å². The summed E-state index contributed by atoms with van der Waals surface area (Å²) in [5, 5.41) is 3.62. The van der Waals surface area contributed by atoms with E-state index in [0.717, 1.165) is 33.2 Å². The van der Waals surface area contributed by atoms with Gasteiger partial charge in [-0.25, -0.2) is 13.8 Å². The molecule has 0 unspecified atom stereocenters. The van der Waals surface area contributed by atoms with E-state index in [9.17, 15) is 18.4 Å². The van der Waals surface area contributed by atoms with E-state index < -0.39 is 6.67 Å².